The Balaban J connectivity index is 1.92. The lowest BCUT2D eigenvalue weighted by Gasteiger charge is -2.35. The summed E-state index contributed by atoms with van der Waals surface area (Å²) < 4.78 is 35.1. The summed E-state index contributed by atoms with van der Waals surface area (Å²) in [7, 11) is -3.39. The predicted molar refractivity (Wildman–Crippen MR) is 83.3 cm³/mol. The second-order valence-corrected chi connectivity index (χ2v) is 7.75. The summed E-state index contributed by atoms with van der Waals surface area (Å²) >= 11 is 0. The van der Waals surface area contributed by atoms with Crippen molar-refractivity contribution in [2.24, 2.45) is 5.92 Å². The van der Waals surface area contributed by atoms with Gasteiger partial charge in [-0.15, -0.1) is 0 Å². The minimum atomic E-state index is -3.39. The van der Waals surface area contributed by atoms with Crippen LogP contribution >= 0.6 is 0 Å². The molecule has 0 aliphatic carbocycles. The molecule has 2 saturated heterocycles. The zero-order valence-electron chi connectivity index (χ0n) is 13.2. The number of hydrogen-bond acceptors (Lipinski definition) is 4. The van der Waals surface area contributed by atoms with Crippen molar-refractivity contribution in [1.29, 1.82) is 0 Å². The van der Waals surface area contributed by atoms with Gasteiger partial charge in [0.15, 0.2) is 0 Å². The van der Waals surface area contributed by atoms with Gasteiger partial charge >= 0.3 is 0 Å². The summed E-state index contributed by atoms with van der Waals surface area (Å²) in [5.74, 6) is 0.289. The number of nitrogens with one attached hydrogen (secondary N) is 2. The SMILES string of the molecule is CCNCC1CCCCN1S(=O)(=O)NCC1CCOC1C. The van der Waals surface area contributed by atoms with Crippen LogP contribution in [0.15, 0.2) is 0 Å². The van der Waals surface area contributed by atoms with Crippen molar-refractivity contribution in [3.05, 3.63) is 0 Å². The van der Waals surface area contributed by atoms with E-state index in [0.717, 1.165) is 45.4 Å². The maximum absolute atomic E-state index is 12.6. The average Bonchev–Trinajstić information content (AvgIpc) is 2.89. The smallest absolute Gasteiger partial charge is 0.279 e. The predicted octanol–water partition coefficient (Wildman–Crippen LogP) is 0.710. The fraction of sp³-hybridized carbons (Fsp3) is 1.00. The normalized spacial score (nSPS) is 31.6. The number of likely N-dealkylation sites (N-methyl/N-ethyl adjacent to an activating group) is 1. The van der Waals surface area contributed by atoms with Gasteiger partial charge in [-0.1, -0.05) is 13.3 Å². The van der Waals surface area contributed by atoms with Crippen LogP contribution < -0.4 is 10.0 Å². The molecule has 2 fully saturated rings. The summed E-state index contributed by atoms with van der Waals surface area (Å²) in [5, 5.41) is 3.27. The third-order valence-corrected chi connectivity index (χ3v) is 6.20. The van der Waals surface area contributed by atoms with E-state index in [2.05, 4.69) is 10.0 Å². The van der Waals surface area contributed by atoms with E-state index < -0.39 is 10.2 Å². The van der Waals surface area contributed by atoms with Crippen LogP contribution in [0.25, 0.3) is 0 Å². The highest BCUT2D eigenvalue weighted by molar-refractivity contribution is 7.87. The summed E-state index contributed by atoms with van der Waals surface area (Å²) in [6.45, 7) is 7.51. The molecular formula is C14H29N3O3S. The van der Waals surface area contributed by atoms with Gasteiger partial charge < -0.3 is 10.1 Å². The monoisotopic (exact) mass is 319 g/mol. The van der Waals surface area contributed by atoms with Crippen LogP contribution in [0.5, 0.6) is 0 Å². The molecule has 3 unspecified atom stereocenters. The lowest BCUT2D eigenvalue weighted by Crippen LogP contribution is -2.53. The van der Waals surface area contributed by atoms with Crippen molar-refractivity contribution in [3.63, 3.8) is 0 Å². The van der Waals surface area contributed by atoms with Crippen LogP contribution in [-0.2, 0) is 14.9 Å². The Morgan fingerprint density at radius 1 is 1.24 bits per heavy atom. The van der Waals surface area contributed by atoms with E-state index in [4.69, 9.17) is 4.74 Å². The van der Waals surface area contributed by atoms with E-state index in [0.29, 0.717) is 13.1 Å². The van der Waals surface area contributed by atoms with E-state index in [1.807, 2.05) is 13.8 Å². The van der Waals surface area contributed by atoms with E-state index in [9.17, 15) is 8.42 Å². The molecule has 0 saturated carbocycles. The van der Waals surface area contributed by atoms with E-state index in [1.54, 1.807) is 4.31 Å². The molecule has 21 heavy (non-hydrogen) atoms. The quantitative estimate of drug-likeness (QED) is 0.725. The van der Waals surface area contributed by atoms with Gasteiger partial charge in [-0.2, -0.15) is 12.7 Å². The summed E-state index contributed by atoms with van der Waals surface area (Å²) in [5.41, 5.74) is 0. The minimum absolute atomic E-state index is 0.0773. The Labute approximate surface area is 128 Å². The number of hydrogen-bond donors (Lipinski definition) is 2. The number of nitrogens with zero attached hydrogens (tertiary/aromatic N) is 1. The maximum atomic E-state index is 12.6. The van der Waals surface area contributed by atoms with Crippen molar-refractivity contribution in [2.45, 2.75) is 51.7 Å². The molecule has 2 N–H and O–H groups in total. The third kappa shape index (κ3) is 4.63. The molecule has 2 aliphatic heterocycles. The Morgan fingerprint density at radius 3 is 2.71 bits per heavy atom. The van der Waals surface area contributed by atoms with E-state index >= 15 is 0 Å². The molecule has 0 radical (unpaired) electrons. The van der Waals surface area contributed by atoms with Gasteiger partial charge in [-0.05, 0) is 32.7 Å². The van der Waals surface area contributed by atoms with Crippen molar-refractivity contribution >= 4 is 10.2 Å². The Kier molecular flexibility index (Phi) is 6.43. The van der Waals surface area contributed by atoms with Gasteiger partial charge in [0.1, 0.15) is 0 Å². The minimum Gasteiger partial charge on any atom is -0.378 e. The Morgan fingerprint density at radius 2 is 2.05 bits per heavy atom. The molecule has 2 rings (SSSR count). The Bertz CT molecular complexity index is 416. The highest BCUT2D eigenvalue weighted by Crippen LogP contribution is 2.22. The summed E-state index contributed by atoms with van der Waals surface area (Å²) in [4.78, 5) is 0. The molecule has 0 aromatic rings. The lowest BCUT2D eigenvalue weighted by atomic mass is 10.0. The van der Waals surface area contributed by atoms with Gasteiger partial charge in [-0.25, -0.2) is 4.72 Å². The first kappa shape index (κ1) is 17.1. The van der Waals surface area contributed by atoms with Gasteiger partial charge in [-0.3, -0.25) is 0 Å². The number of ether oxygens (including phenoxy) is 1. The molecule has 7 heteroatoms. The van der Waals surface area contributed by atoms with Crippen molar-refractivity contribution in [3.8, 4) is 0 Å². The highest BCUT2D eigenvalue weighted by atomic mass is 32.2. The van der Waals surface area contributed by atoms with Gasteiger partial charge in [0, 0.05) is 38.2 Å². The molecule has 124 valence electrons. The largest absolute Gasteiger partial charge is 0.378 e. The van der Waals surface area contributed by atoms with Crippen LogP contribution in [0, 0.1) is 5.92 Å². The fourth-order valence-electron chi connectivity index (χ4n) is 3.14. The molecular weight excluding hydrogens is 290 g/mol. The summed E-state index contributed by atoms with van der Waals surface area (Å²) in [6.07, 6.45) is 4.08. The first-order valence-corrected chi connectivity index (χ1v) is 9.57. The summed E-state index contributed by atoms with van der Waals surface area (Å²) in [6, 6.07) is 0.0773. The number of piperidine rings is 1. The number of rotatable bonds is 7. The average molecular weight is 319 g/mol. The molecule has 2 aliphatic rings. The molecule has 0 aromatic carbocycles. The fourth-order valence-corrected chi connectivity index (χ4v) is 4.68. The standard InChI is InChI=1S/C14H29N3O3S/c1-3-15-11-14-6-4-5-8-17(14)21(18,19)16-10-13-7-9-20-12(13)2/h12-16H,3-11H2,1-2H3. The van der Waals surface area contributed by atoms with Crippen LogP contribution in [-0.4, -0.2) is 57.7 Å². The maximum Gasteiger partial charge on any atom is 0.279 e. The molecule has 0 bridgehead atoms. The second-order valence-electron chi connectivity index (χ2n) is 6.05. The van der Waals surface area contributed by atoms with Crippen LogP contribution in [0.1, 0.15) is 39.5 Å². The third-order valence-electron chi connectivity index (χ3n) is 4.57. The molecule has 3 atom stereocenters. The highest BCUT2D eigenvalue weighted by Gasteiger charge is 2.33. The van der Waals surface area contributed by atoms with Crippen LogP contribution in [0.2, 0.25) is 0 Å². The molecule has 6 nitrogen and oxygen atoms in total. The van der Waals surface area contributed by atoms with E-state index in [-0.39, 0.29) is 18.1 Å². The molecule has 2 heterocycles. The van der Waals surface area contributed by atoms with Crippen molar-refractivity contribution in [1.82, 2.24) is 14.3 Å². The topological polar surface area (TPSA) is 70.7 Å². The van der Waals surface area contributed by atoms with Crippen molar-refractivity contribution in [2.75, 3.05) is 32.8 Å². The van der Waals surface area contributed by atoms with Gasteiger partial charge in [0.25, 0.3) is 10.2 Å². The zero-order chi connectivity index (χ0) is 15.3. The second kappa shape index (κ2) is 7.87. The van der Waals surface area contributed by atoms with Crippen molar-refractivity contribution < 1.29 is 13.2 Å². The lowest BCUT2D eigenvalue weighted by molar-refractivity contribution is 0.106. The Hall–Kier alpha value is -0.210. The van der Waals surface area contributed by atoms with Gasteiger partial charge in [0.05, 0.1) is 6.10 Å². The van der Waals surface area contributed by atoms with Crippen LogP contribution in [0.4, 0.5) is 0 Å². The van der Waals surface area contributed by atoms with E-state index in [1.165, 1.54) is 0 Å². The van der Waals surface area contributed by atoms with Gasteiger partial charge in [0.2, 0.25) is 0 Å². The zero-order valence-corrected chi connectivity index (χ0v) is 14.0. The first-order chi connectivity index (χ1) is 10.0. The molecule has 0 amide bonds. The van der Waals surface area contributed by atoms with Crippen LogP contribution in [0.3, 0.4) is 0 Å². The molecule has 0 aromatic heterocycles. The molecule has 0 spiro atoms. The first-order valence-electron chi connectivity index (χ1n) is 8.13.